The first-order valence-electron chi connectivity index (χ1n) is 21.9. The van der Waals surface area contributed by atoms with Crippen LogP contribution in [-0.2, 0) is 21.6 Å². The molecule has 0 aliphatic rings. The van der Waals surface area contributed by atoms with Crippen molar-refractivity contribution in [2.24, 2.45) is 0 Å². The molecule has 350 valence electrons. The van der Waals surface area contributed by atoms with Crippen LogP contribution in [0.3, 0.4) is 0 Å². The van der Waals surface area contributed by atoms with Gasteiger partial charge in [-0.1, -0.05) is 43.3 Å². The molecule has 2 atom stereocenters. The Labute approximate surface area is 347 Å². The van der Waals surface area contributed by atoms with Crippen LogP contribution in [0.1, 0.15) is 200 Å². The summed E-state index contributed by atoms with van der Waals surface area (Å²) in [5, 5.41) is 10.9. The van der Waals surface area contributed by atoms with Gasteiger partial charge in [0.25, 0.3) is 0 Å². The van der Waals surface area contributed by atoms with Crippen molar-refractivity contribution < 1.29 is 147 Å². The zero-order valence-corrected chi connectivity index (χ0v) is 22.8. The Balaban J connectivity index is -0.00000000330. The fraction of sp³-hybridized carbons (Fsp3) is 0.433. The second-order valence-corrected chi connectivity index (χ2v) is 9.85. The van der Waals surface area contributed by atoms with E-state index in [2.05, 4.69) is 9.97 Å². The molecule has 0 fully saturated rings. The Kier molecular flexibility index (Phi) is 4.76. The summed E-state index contributed by atoms with van der Waals surface area (Å²) in [6.07, 6.45) is 0.137. The molecule has 0 spiro atoms. The van der Waals surface area contributed by atoms with Gasteiger partial charge in [-0.05, 0) is 101 Å². The van der Waals surface area contributed by atoms with E-state index in [0.29, 0.717) is 28.9 Å². The maximum atomic E-state index is 13.4. The molecule has 0 aliphatic carbocycles. The number of benzene rings is 2. The lowest BCUT2D eigenvalue weighted by molar-refractivity contribution is -0.196. The molecule has 0 saturated heterocycles. The first-order chi connectivity index (χ1) is 26.3. The maximum absolute atomic E-state index is 13.4. The summed E-state index contributed by atoms with van der Waals surface area (Å²) in [5.41, 5.74) is 2.71. The average Bonchev–Trinajstić information content (AvgIpc) is 3.24. The van der Waals surface area contributed by atoms with E-state index in [-0.39, 0.29) is 118 Å². The molecular weight excluding hydrogens is 452 g/mol. The largest absolute Gasteiger partial charge is 0.478 e. The van der Waals surface area contributed by atoms with Crippen LogP contribution < -0.4 is 4.74 Å². The topological polar surface area (TPSA) is 81.5 Å². The fourth-order valence-electron chi connectivity index (χ4n) is 4.59. The maximum Gasteiger partial charge on any atom is 0.351 e. The molecule has 36 heavy (non-hydrogen) atoms. The highest BCUT2D eigenvalue weighted by Crippen LogP contribution is 2.48. The van der Waals surface area contributed by atoms with Crippen molar-refractivity contribution in [1.82, 2.24) is 9.97 Å². The summed E-state index contributed by atoms with van der Waals surface area (Å²) >= 11 is 0. The van der Waals surface area contributed by atoms with Crippen molar-refractivity contribution in [3.05, 3.63) is 87.2 Å². The van der Waals surface area contributed by atoms with Gasteiger partial charge in [-0.15, -0.1) is 0 Å². The van der Waals surface area contributed by atoms with Crippen molar-refractivity contribution in [3.8, 4) is 6.01 Å². The molecule has 0 bridgehead atoms. The number of aromatic nitrogens is 2. The fourth-order valence-corrected chi connectivity index (χ4v) is 4.59. The number of aliphatic carboxylic acids is 1. The number of hydrogen-bond acceptors (Lipinski definition) is 5. The van der Waals surface area contributed by atoms with Gasteiger partial charge in [0.05, 0.1) is 7.47 Å². The minimum Gasteiger partial charge on any atom is -0.478 e. The normalized spacial score (nSPS) is 17.2. The van der Waals surface area contributed by atoms with Crippen LogP contribution in [0.15, 0.2) is 42.4 Å². The van der Waals surface area contributed by atoms with Crippen molar-refractivity contribution in [2.75, 3.05) is 0 Å². The zero-order valence-electron chi connectivity index (χ0n) is 41.8. The van der Waals surface area contributed by atoms with E-state index in [9.17, 15) is 9.90 Å². The first-order valence-corrected chi connectivity index (χ1v) is 12.4. The highest BCUT2D eigenvalue weighted by atomic mass is 16.6. The van der Waals surface area contributed by atoms with Gasteiger partial charge in [-0.25, -0.2) is 14.8 Å². The van der Waals surface area contributed by atoms with Crippen molar-refractivity contribution in [2.45, 2.75) is 86.0 Å². The Hall–Kier alpha value is -3.25. The summed E-state index contributed by atoms with van der Waals surface area (Å²) in [5.74, 6) is -1.22. The summed E-state index contributed by atoms with van der Waals surface area (Å²) in [7, 11) is 0. The van der Waals surface area contributed by atoms with Gasteiger partial charge >= 0.3 is 12.0 Å². The summed E-state index contributed by atoms with van der Waals surface area (Å²) in [4.78, 5) is 22.1. The molecule has 3 rings (SSSR count). The molecule has 6 heteroatoms. The Bertz CT molecular complexity index is 1420. The number of ether oxygens (including phenoxy) is 2. The lowest BCUT2D eigenvalue weighted by Gasteiger charge is -2.47. The summed E-state index contributed by atoms with van der Waals surface area (Å²) in [6, 6.07) is 11.8. The molecule has 0 saturated carbocycles. The molecule has 6 nitrogen and oxygen atoms in total. The van der Waals surface area contributed by atoms with Crippen LogP contribution in [0.4, 0.5) is 0 Å². The number of carbonyl (C=O) groups is 1. The van der Waals surface area contributed by atoms with E-state index >= 15 is 0 Å². The van der Waals surface area contributed by atoms with Crippen molar-refractivity contribution in [3.63, 3.8) is 0 Å². The highest BCUT2D eigenvalue weighted by Gasteiger charge is 2.61. The SMILES string of the molecule is [2H][2H].[2H][2H].[2H][2H].[2H][2H].[2H][2H].[2H][2H].[2H][2H].[2H][2H].[2H][2H].[2H]c1c(C)nc(O[C@](C)(C(=O)O)C(OC(C)C)(c2ccc(C)c(C)c2)c2cccc(C)c2C)nc1CC.[HH].[HH].[HH].[HH].[HH].[HH].[HH].[HH].[HH].[HH].[HH].[HH].[HH].[HH].[HH].[HH].[HH].[HH].[HH].[HH].[HH].[HH].[HH].[HH].[HH].[HH].[HH].[HH].[HH].[HH].[HH].[HH].[HH].[HH].[HH].[HH].[HH].[HH].[HH].[HH].[HH].[HH].[HH].[HH].[HH].[HH].[HH].[HH].[HH].[HH].[HH].[HH].[HH].[HH].[HH].[HH].[HH].[HH].[HH].[HH].[HH].[HH].[HH].[HH].[HH].[HH].[HH].[HH].[HH].[HH]. The molecule has 1 N–H and O–H groups in total. The van der Waals surface area contributed by atoms with Crippen LogP contribution in [0.2, 0.25) is 0 Å². The van der Waals surface area contributed by atoms with Crippen molar-refractivity contribution >= 4 is 5.97 Å². The third-order valence-corrected chi connectivity index (χ3v) is 6.84. The van der Waals surface area contributed by atoms with Gasteiger partial charge in [0.2, 0.25) is 5.60 Å². The minimum absolute atomic E-state index is 0. The highest BCUT2D eigenvalue weighted by molar-refractivity contribution is 5.81. The minimum atomic E-state index is -1.99. The average molecular weight is 669 g/mol. The number of nitrogens with zero attached hydrogens (tertiary/aromatic N) is 2. The van der Waals surface area contributed by atoms with Gasteiger partial charge in [0.15, 0.2) is 5.60 Å². The first kappa shape index (κ1) is 16.5. The molecule has 0 radical (unpaired) electrons. The van der Waals surface area contributed by atoms with E-state index in [1.54, 1.807) is 6.92 Å². The lowest BCUT2D eigenvalue weighted by Crippen LogP contribution is -2.62. The molecule has 1 unspecified atom stereocenters. The van der Waals surface area contributed by atoms with E-state index in [1.165, 1.54) is 6.92 Å². The van der Waals surface area contributed by atoms with Gasteiger partial charge in [-0.2, -0.15) is 0 Å². The smallest absolute Gasteiger partial charge is 0.351 e. The third-order valence-electron chi connectivity index (χ3n) is 6.84. The van der Waals surface area contributed by atoms with Crippen LogP contribution in [0, 0.1) is 34.6 Å². The van der Waals surface area contributed by atoms with Crippen LogP contribution in [0.25, 0.3) is 0 Å². The Morgan fingerprint density at radius 2 is 1.83 bits per heavy atom. The molecule has 1 aromatic heterocycles. The predicted octanol–water partition coefficient (Wildman–Crippen LogP) is 25.6. The summed E-state index contributed by atoms with van der Waals surface area (Å²) < 4.78 is 111. The number of aryl methyl sites for hydroxylation is 5. The Morgan fingerprint density at radius 1 is 1.14 bits per heavy atom. The van der Waals surface area contributed by atoms with Gasteiger partial charge in [-0.3, -0.25) is 0 Å². The number of hydrogen-bond donors (Lipinski definition) is 1. The van der Waals surface area contributed by atoms with Crippen LogP contribution >= 0.6 is 0 Å². The molecular formula is C30H196N2O4. The lowest BCUT2D eigenvalue weighted by atomic mass is 9.70. The summed E-state index contributed by atoms with van der Waals surface area (Å²) in [6.45, 7) is 16.8. The quantitative estimate of drug-likeness (QED) is 0.244. The number of carboxylic acid groups (broad SMARTS) is 1. The third kappa shape index (κ3) is 4.87. The van der Waals surface area contributed by atoms with Gasteiger partial charge in [0, 0.05) is 138 Å². The number of carboxylic acids is 1. The predicted molar refractivity (Wildman–Crippen MR) is 309 cm³/mol. The standard InChI is InChI=1S/C30H38N2O4.79H2/c1-10-25-17-22(7)31-28(32-25)36-29(9,27(33)34)30(35-18(2)3,24-15-14-19(4)21(6)16-24)26-13-11-12-20(5)23(26)8;;;;;;;;;;;;;;;;;;;;;;;;;;;;;;;;;;;;;;;;;;;;;;;;;;;;;;;;;;;;;;;;;;;;;;;;;;;;;;;/h11-18H,10H2,1-9H3,(H,33,34);79*1H/t29-,30?;;;;;;;;;;;;;;;;;;;;;;;;;;;;;;;;;;;;;;;;;;;;;;;;;;;;;;;;;;;;;;;;;;;;;;;;;;;;;;;/m1.............................................................................../s1/i17D;9*1+1D;;;;;;;;;;;;;;;;;;;;;;;;;;;;;;;;;;;;;;;;;;;;;;;;;;;;;;;;;;;;;;;;;;;;;;. The molecule has 0 amide bonds. The van der Waals surface area contributed by atoms with Crippen LogP contribution in [-0.4, -0.2) is 32.7 Å². The molecule has 1 heterocycles. The van der Waals surface area contributed by atoms with E-state index in [0.717, 1.165) is 22.3 Å². The molecule has 2 aromatic carbocycles. The Morgan fingerprint density at radius 3 is 2.42 bits per heavy atom. The van der Waals surface area contributed by atoms with Crippen LogP contribution in [0.5, 0.6) is 6.01 Å². The monoisotopic (exact) mass is 669 g/mol. The zero-order chi connectivity index (χ0) is 45.7. The molecule has 0 aliphatic heterocycles. The second kappa shape index (κ2) is 10.4. The van der Waals surface area contributed by atoms with Crippen molar-refractivity contribution in [1.29, 1.82) is 0 Å². The van der Waals surface area contributed by atoms with Gasteiger partial charge in [0.1, 0.15) is 0 Å². The van der Waals surface area contributed by atoms with E-state index in [4.69, 9.17) is 37.6 Å². The molecule has 3 aromatic rings. The van der Waals surface area contributed by atoms with E-state index < -0.39 is 17.2 Å². The van der Waals surface area contributed by atoms with Gasteiger partial charge < -0.3 is 14.6 Å². The second-order valence-electron chi connectivity index (χ2n) is 9.85. The van der Waals surface area contributed by atoms with E-state index in [1.807, 2.05) is 84.9 Å². The number of rotatable bonds is 9.